The lowest BCUT2D eigenvalue weighted by Gasteiger charge is -2.43. The minimum atomic E-state index is -0.382. The molecule has 0 N–H and O–H groups in total. The molecule has 3 aromatic carbocycles. The summed E-state index contributed by atoms with van der Waals surface area (Å²) in [5.74, 6) is -0.614. The molecule has 3 aromatic rings. The number of anilines is 2. The van der Waals surface area contributed by atoms with Gasteiger partial charge in [-0.05, 0) is 61.4 Å². The summed E-state index contributed by atoms with van der Waals surface area (Å²) in [6.07, 6.45) is 2.41. The van der Waals surface area contributed by atoms with Gasteiger partial charge in [0.1, 0.15) is 5.82 Å². The zero-order chi connectivity index (χ0) is 22.7. The number of fused-ring (bicyclic) bond motifs is 1. The predicted octanol–water partition coefficient (Wildman–Crippen LogP) is 5.92. The molecule has 1 heterocycles. The molecule has 1 aliphatic rings. The molecule has 2 atom stereocenters. The van der Waals surface area contributed by atoms with Crippen LogP contribution in [0.1, 0.15) is 41.7 Å². The lowest BCUT2D eigenvalue weighted by molar-refractivity contribution is -0.118. The van der Waals surface area contributed by atoms with Crippen molar-refractivity contribution < 1.29 is 14.0 Å². The number of carbonyl (C=O) groups excluding carboxylic acids is 2. The molecule has 0 bridgehead atoms. The van der Waals surface area contributed by atoms with Gasteiger partial charge < -0.3 is 9.80 Å². The van der Waals surface area contributed by atoms with Gasteiger partial charge >= 0.3 is 0 Å². The fraction of sp³-hybridized carbons (Fsp3) is 0.185. The number of amides is 2. The van der Waals surface area contributed by atoms with Gasteiger partial charge in [0.05, 0.1) is 6.04 Å². The second-order valence-corrected chi connectivity index (χ2v) is 7.93. The van der Waals surface area contributed by atoms with Crippen molar-refractivity contribution >= 4 is 23.2 Å². The van der Waals surface area contributed by atoms with E-state index in [1.54, 1.807) is 11.0 Å². The van der Waals surface area contributed by atoms with Crippen LogP contribution in [0.15, 0.2) is 91.5 Å². The Labute approximate surface area is 187 Å². The standard InChI is InChI=1S/C27H25FN2O2/c1-3-9-26(31)30(22-10-5-4-6-11-22)25-18-19(2)29(24-13-8-7-12-23(24)25)27(32)20-14-16-21(28)17-15-20/h3-8,10-17,19,25H,1,9,18H2,2H3/t19-,25+/m0/s1. The first kappa shape index (κ1) is 21.5. The highest BCUT2D eigenvalue weighted by molar-refractivity contribution is 6.07. The van der Waals surface area contributed by atoms with E-state index >= 15 is 0 Å². The van der Waals surface area contributed by atoms with Gasteiger partial charge in [-0.1, -0.05) is 42.5 Å². The van der Waals surface area contributed by atoms with Crippen molar-refractivity contribution in [3.8, 4) is 0 Å². The molecule has 32 heavy (non-hydrogen) atoms. The highest BCUT2D eigenvalue weighted by atomic mass is 19.1. The van der Waals surface area contributed by atoms with Crippen molar-refractivity contribution in [3.63, 3.8) is 0 Å². The minimum Gasteiger partial charge on any atom is -0.305 e. The van der Waals surface area contributed by atoms with Gasteiger partial charge in [-0.25, -0.2) is 4.39 Å². The predicted molar refractivity (Wildman–Crippen MR) is 125 cm³/mol. The van der Waals surface area contributed by atoms with Crippen LogP contribution in [0.25, 0.3) is 0 Å². The quantitative estimate of drug-likeness (QED) is 0.474. The highest BCUT2D eigenvalue weighted by Gasteiger charge is 2.38. The Bertz CT molecular complexity index is 1130. The summed E-state index contributed by atoms with van der Waals surface area (Å²) in [6.45, 7) is 5.71. The molecule has 162 valence electrons. The first-order valence-electron chi connectivity index (χ1n) is 10.7. The molecule has 0 unspecified atom stereocenters. The van der Waals surface area contributed by atoms with Gasteiger partial charge in [0.25, 0.3) is 5.91 Å². The number of hydrogen-bond acceptors (Lipinski definition) is 2. The molecular formula is C27H25FN2O2. The van der Waals surface area contributed by atoms with Crippen molar-refractivity contribution in [3.05, 3.63) is 108 Å². The van der Waals surface area contributed by atoms with E-state index in [9.17, 15) is 14.0 Å². The van der Waals surface area contributed by atoms with E-state index in [0.717, 1.165) is 16.9 Å². The van der Waals surface area contributed by atoms with Crippen LogP contribution < -0.4 is 9.80 Å². The molecule has 0 saturated carbocycles. The summed E-state index contributed by atoms with van der Waals surface area (Å²) < 4.78 is 13.4. The van der Waals surface area contributed by atoms with Gasteiger partial charge in [0.2, 0.25) is 5.91 Å². The Morgan fingerprint density at radius 3 is 2.38 bits per heavy atom. The lowest BCUT2D eigenvalue weighted by Crippen LogP contribution is -2.47. The third-order valence-electron chi connectivity index (χ3n) is 5.80. The smallest absolute Gasteiger partial charge is 0.258 e. The molecule has 0 aliphatic carbocycles. The normalized spacial score (nSPS) is 17.4. The molecule has 2 amide bonds. The fourth-order valence-electron chi connectivity index (χ4n) is 4.38. The van der Waals surface area contributed by atoms with Crippen LogP contribution in [-0.2, 0) is 4.79 Å². The van der Waals surface area contributed by atoms with Crippen molar-refractivity contribution in [1.29, 1.82) is 0 Å². The summed E-state index contributed by atoms with van der Waals surface area (Å²) in [4.78, 5) is 30.1. The van der Waals surface area contributed by atoms with Crippen LogP contribution in [0, 0.1) is 5.82 Å². The zero-order valence-electron chi connectivity index (χ0n) is 17.9. The molecular weight excluding hydrogens is 403 g/mol. The monoisotopic (exact) mass is 428 g/mol. The summed E-state index contributed by atoms with van der Waals surface area (Å²) >= 11 is 0. The van der Waals surface area contributed by atoms with E-state index in [0.29, 0.717) is 12.0 Å². The Morgan fingerprint density at radius 1 is 1.03 bits per heavy atom. The average molecular weight is 429 g/mol. The second-order valence-electron chi connectivity index (χ2n) is 7.93. The Hall–Kier alpha value is -3.73. The molecule has 4 nitrogen and oxygen atoms in total. The van der Waals surface area contributed by atoms with E-state index in [1.165, 1.54) is 24.3 Å². The molecule has 0 radical (unpaired) electrons. The van der Waals surface area contributed by atoms with Crippen molar-refractivity contribution in [2.45, 2.75) is 31.8 Å². The third-order valence-corrected chi connectivity index (χ3v) is 5.80. The van der Waals surface area contributed by atoms with Gasteiger partial charge in [-0.2, -0.15) is 0 Å². The molecule has 0 aromatic heterocycles. The Morgan fingerprint density at radius 2 is 1.69 bits per heavy atom. The maximum atomic E-state index is 13.4. The van der Waals surface area contributed by atoms with Crippen LogP contribution in [0.4, 0.5) is 15.8 Å². The van der Waals surface area contributed by atoms with Crippen LogP contribution in [0.5, 0.6) is 0 Å². The number of halogens is 1. The number of benzene rings is 3. The van der Waals surface area contributed by atoms with E-state index in [-0.39, 0.29) is 36.1 Å². The van der Waals surface area contributed by atoms with E-state index in [2.05, 4.69) is 6.58 Å². The highest BCUT2D eigenvalue weighted by Crippen LogP contribution is 2.42. The first-order valence-corrected chi connectivity index (χ1v) is 10.7. The van der Waals surface area contributed by atoms with Crippen LogP contribution in [-0.4, -0.2) is 17.9 Å². The first-order chi connectivity index (χ1) is 15.5. The Kier molecular flexibility index (Phi) is 6.17. The number of para-hydroxylation sites is 2. The fourth-order valence-corrected chi connectivity index (χ4v) is 4.38. The summed E-state index contributed by atoms with van der Waals surface area (Å²) in [7, 11) is 0. The topological polar surface area (TPSA) is 40.6 Å². The van der Waals surface area contributed by atoms with Crippen LogP contribution in [0.3, 0.4) is 0 Å². The third kappa shape index (κ3) is 4.06. The van der Waals surface area contributed by atoms with Gasteiger partial charge in [-0.3, -0.25) is 9.59 Å². The maximum Gasteiger partial charge on any atom is 0.258 e. The Balaban J connectivity index is 1.78. The largest absolute Gasteiger partial charge is 0.305 e. The number of carbonyl (C=O) groups is 2. The molecule has 0 fully saturated rings. The van der Waals surface area contributed by atoms with Crippen LogP contribution >= 0.6 is 0 Å². The van der Waals surface area contributed by atoms with Gasteiger partial charge in [0, 0.05) is 29.4 Å². The van der Waals surface area contributed by atoms with Gasteiger partial charge in [0.15, 0.2) is 0 Å². The molecule has 1 aliphatic heterocycles. The van der Waals surface area contributed by atoms with E-state index in [4.69, 9.17) is 0 Å². The van der Waals surface area contributed by atoms with Crippen molar-refractivity contribution in [2.75, 3.05) is 9.80 Å². The SMILES string of the molecule is C=CCC(=O)N(c1ccccc1)[C@@H]1C[C@H](C)N(C(=O)c2ccc(F)cc2)c2ccccc21. The molecule has 5 heteroatoms. The average Bonchev–Trinajstić information content (AvgIpc) is 2.80. The second kappa shape index (κ2) is 9.18. The lowest BCUT2D eigenvalue weighted by atomic mass is 9.89. The minimum absolute atomic E-state index is 0.0449. The van der Waals surface area contributed by atoms with Crippen LogP contribution in [0.2, 0.25) is 0 Å². The number of hydrogen-bond donors (Lipinski definition) is 0. The van der Waals surface area contributed by atoms with Gasteiger partial charge in [-0.15, -0.1) is 6.58 Å². The zero-order valence-corrected chi connectivity index (χ0v) is 17.9. The molecule has 0 spiro atoms. The van der Waals surface area contributed by atoms with E-state index in [1.807, 2.05) is 66.4 Å². The maximum absolute atomic E-state index is 13.4. The molecule has 0 saturated heterocycles. The molecule has 4 rings (SSSR count). The van der Waals surface area contributed by atoms with Crippen molar-refractivity contribution in [2.24, 2.45) is 0 Å². The summed E-state index contributed by atoms with van der Waals surface area (Å²) in [6, 6.07) is 22.4. The summed E-state index contributed by atoms with van der Waals surface area (Å²) in [5.41, 5.74) is 2.90. The van der Waals surface area contributed by atoms with E-state index < -0.39 is 0 Å². The number of rotatable bonds is 5. The van der Waals surface area contributed by atoms with Crippen molar-refractivity contribution in [1.82, 2.24) is 0 Å². The number of nitrogens with zero attached hydrogens (tertiary/aromatic N) is 2. The summed E-state index contributed by atoms with van der Waals surface area (Å²) in [5, 5.41) is 0.